The number of rotatable bonds is 7. The number of ketones is 1. The van der Waals surface area contributed by atoms with Gasteiger partial charge in [-0.05, 0) is 32.1 Å². The van der Waals surface area contributed by atoms with E-state index in [1.807, 2.05) is 62.3 Å². The molecule has 1 fully saturated rings. The minimum atomic E-state index is -0.698. The van der Waals surface area contributed by atoms with Crippen LogP contribution in [-0.4, -0.2) is 62.0 Å². The molecule has 4 heteroatoms. The third-order valence-electron chi connectivity index (χ3n) is 5.67. The van der Waals surface area contributed by atoms with E-state index >= 15 is 0 Å². The van der Waals surface area contributed by atoms with Crippen molar-refractivity contribution < 1.29 is 9.53 Å². The summed E-state index contributed by atoms with van der Waals surface area (Å²) in [5.74, 6) is 0.240. The summed E-state index contributed by atoms with van der Waals surface area (Å²) in [5, 5.41) is 0. The molecule has 0 amide bonds. The fourth-order valence-electron chi connectivity index (χ4n) is 3.91. The predicted octanol–water partition coefficient (Wildman–Crippen LogP) is 2.98. The zero-order chi connectivity index (χ0) is 19.3. The highest BCUT2D eigenvalue weighted by Crippen LogP contribution is 2.36. The minimum absolute atomic E-state index is 0.184. The Morgan fingerprint density at radius 2 is 1.59 bits per heavy atom. The van der Waals surface area contributed by atoms with Crippen molar-refractivity contribution in [3.63, 3.8) is 0 Å². The number of ether oxygens (including phenoxy) is 1. The van der Waals surface area contributed by atoms with Gasteiger partial charge >= 0.3 is 0 Å². The van der Waals surface area contributed by atoms with Gasteiger partial charge in [0.05, 0.1) is 19.3 Å². The molecule has 0 radical (unpaired) electrons. The highest BCUT2D eigenvalue weighted by Gasteiger charge is 2.47. The Labute approximate surface area is 162 Å². The summed E-state index contributed by atoms with van der Waals surface area (Å²) in [6, 6.07) is 20.4. The monoisotopic (exact) mass is 366 g/mol. The summed E-state index contributed by atoms with van der Waals surface area (Å²) in [6.45, 7) is 4.84. The lowest BCUT2D eigenvalue weighted by Gasteiger charge is -2.47. The number of Topliss-reactive ketones (excluding diaryl/α,β-unsaturated/α-hetero) is 1. The first-order valence-electron chi connectivity index (χ1n) is 9.68. The van der Waals surface area contributed by atoms with Gasteiger partial charge in [0.15, 0.2) is 5.78 Å². The highest BCUT2D eigenvalue weighted by atomic mass is 16.5. The van der Waals surface area contributed by atoms with Crippen molar-refractivity contribution in [3.8, 4) is 0 Å². The Morgan fingerprint density at radius 3 is 2.15 bits per heavy atom. The van der Waals surface area contributed by atoms with Crippen molar-refractivity contribution >= 4 is 5.78 Å². The lowest BCUT2D eigenvalue weighted by molar-refractivity contribution is -0.140. The number of carbonyl (C=O) groups excluding carboxylic acids is 1. The van der Waals surface area contributed by atoms with Crippen LogP contribution in [0.1, 0.15) is 18.1 Å². The summed E-state index contributed by atoms with van der Waals surface area (Å²) in [4.78, 5) is 18.3. The lowest BCUT2D eigenvalue weighted by atomic mass is 9.76. The molecule has 27 heavy (non-hydrogen) atoms. The van der Waals surface area contributed by atoms with Crippen LogP contribution in [0, 0.1) is 0 Å². The van der Waals surface area contributed by atoms with Crippen molar-refractivity contribution in [1.29, 1.82) is 0 Å². The fraction of sp³-hybridized carbons (Fsp3) is 0.435. The third-order valence-corrected chi connectivity index (χ3v) is 5.67. The molecule has 1 saturated heterocycles. The zero-order valence-electron chi connectivity index (χ0n) is 16.6. The van der Waals surface area contributed by atoms with Gasteiger partial charge in [-0.25, -0.2) is 0 Å². The SMILES string of the molecule is CC(C(=O)C(Cc1ccccc1)(c1ccccc1)N1CCOCC1)N(C)C. The molecule has 2 atom stereocenters. The van der Waals surface area contributed by atoms with Crippen LogP contribution in [-0.2, 0) is 21.5 Å². The second kappa shape index (κ2) is 8.79. The molecule has 0 aromatic heterocycles. The van der Waals surface area contributed by atoms with Crippen molar-refractivity contribution in [1.82, 2.24) is 9.80 Å². The number of carbonyl (C=O) groups is 1. The van der Waals surface area contributed by atoms with Crippen LogP contribution in [0.3, 0.4) is 0 Å². The summed E-state index contributed by atoms with van der Waals surface area (Å²) in [6.07, 6.45) is 0.662. The maximum atomic E-state index is 14.0. The Morgan fingerprint density at radius 1 is 1.04 bits per heavy atom. The minimum Gasteiger partial charge on any atom is -0.379 e. The number of hydrogen-bond donors (Lipinski definition) is 0. The van der Waals surface area contributed by atoms with E-state index < -0.39 is 5.54 Å². The first-order chi connectivity index (χ1) is 13.1. The average Bonchev–Trinajstić information content (AvgIpc) is 2.73. The van der Waals surface area contributed by atoms with E-state index in [2.05, 4.69) is 29.2 Å². The van der Waals surface area contributed by atoms with Crippen LogP contribution in [0.15, 0.2) is 60.7 Å². The molecule has 0 spiro atoms. The number of morpholine rings is 1. The molecular weight excluding hydrogens is 336 g/mol. The molecule has 2 unspecified atom stereocenters. The van der Waals surface area contributed by atoms with E-state index in [-0.39, 0.29) is 11.8 Å². The average molecular weight is 367 g/mol. The molecule has 0 aliphatic carbocycles. The molecule has 1 aliphatic rings. The molecule has 3 rings (SSSR count). The summed E-state index contributed by atoms with van der Waals surface area (Å²) < 4.78 is 5.61. The third kappa shape index (κ3) is 4.13. The van der Waals surface area contributed by atoms with Gasteiger partial charge in [-0.2, -0.15) is 0 Å². The van der Waals surface area contributed by atoms with Gasteiger partial charge in [-0.1, -0.05) is 60.7 Å². The van der Waals surface area contributed by atoms with Gasteiger partial charge in [0.2, 0.25) is 0 Å². The molecule has 0 saturated carbocycles. The van der Waals surface area contributed by atoms with Gasteiger partial charge in [0, 0.05) is 19.5 Å². The van der Waals surface area contributed by atoms with Crippen molar-refractivity contribution in [2.45, 2.75) is 24.9 Å². The summed E-state index contributed by atoms with van der Waals surface area (Å²) in [5.41, 5.74) is 1.54. The topological polar surface area (TPSA) is 32.8 Å². The van der Waals surface area contributed by atoms with Crippen LogP contribution in [0.5, 0.6) is 0 Å². The number of nitrogens with zero attached hydrogens (tertiary/aromatic N) is 2. The summed E-state index contributed by atoms with van der Waals surface area (Å²) in [7, 11) is 3.94. The van der Waals surface area contributed by atoms with Crippen molar-refractivity contribution in [2.75, 3.05) is 40.4 Å². The maximum Gasteiger partial charge on any atom is 0.174 e. The number of benzene rings is 2. The van der Waals surface area contributed by atoms with Crippen LogP contribution >= 0.6 is 0 Å². The molecule has 1 aliphatic heterocycles. The smallest absolute Gasteiger partial charge is 0.174 e. The molecule has 0 N–H and O–H groups in total. The van der Waals surface area contributed by atoms with Gasteiger partial charge < -0.3 is 4.74 Å². The van der Waals surface area contributed by atoms with Crippen LogP contribution in [0.4, 0.5) is 0 Å². The van der Waals surface area contributed by atoms with Crippen molar-refractivity contribution in [3.05, 3.63) is 71.8 Å². The van der Waals surface area contributed by atoms with Gasteiger partial charge in [-0.15, -0.1) is 0 Å². The predicted molar refractivity (Wildman–Crippen MR) is 109 cm³/mol. The van der Waals surface area contributed by atoms with Gasteiger partial charge in [0.1, 0.15) is 5.54 Å². The molecular formula is C23H30N2O2. The van der Waals surface area contributed by atoms with Crippen LogP contribution in [0.2, 0.25) is 0 Å². The first-order valence-corrected chi connectivity index (χ1v) is 9.68. The zero-order valence-corrected chi connectivity index (χ0v) is 16.6. The van der Waals surface area contributed by atoms with E-state index in [1.165, 1.54) is 5.56 Å². The molecule has 1 heterocycles. The van der Waals surface area contributed by atoms with E-state index in [0.717, 1.165) is 18.7 Å². The quantitative estimate of drug-likeness (QED) is 0.754. The second-order valence-corrected chi connectivity index (χ2v) is 7.49. The van der Waals surface area contributed by atoms with Crippen molar-refractivity contribution in [2.24, 2.45) is 0 Å². The first kappa shape index (κ1) is 19.7. The summed E-state index contributed by atoms with van der Waals surface area (Å²) >= 11 is 0. The Hall–Kier alpha value is -2.01. The van der Waals surface area contributed by atoms with E-state index in [9.17, 15) is 4.79 Å². The largest absolute Gasteiger partial charge is 0.379 e. The lowest BCUT2D eigenvalue weighted by Crippen LogP contribution is -2.60. The standard InChI is InChI=1S/C23H30N2O2/c1-19(24(2)3)22(26)23(21-12-8-5-9-13-21,25-14-16-27-17-15-25)18-20-10-6-4-7-11-20/h4-13,19H,14-18H2,1-3H3. The van der Waals surface area contributed by atoms with Crippen LogP contribution in [0.25, 0.3) is 0 Å². The normalized spacial score (nSPS) is 18.8. The molecule has 0 bridgehead atoms. The van der Waals surface area contributed by atoms with Crippen LogP contribution < -0.4 is 0 Å². The molecule has 2 aromatic carbocycles. The number of likely N-dealkylation sites (N-methyl/N-ethyl adjacent to an activating group) is 1. The molecule has 4 nitrogen and oxygen atoms in total. The Bertz CT molecular complexity index is 727. The molecule has 144 valence electrons. The second-order valence-electron chi connectivity index (χ2n) is 7.49. The highest BCUT2D eigenvalue weighted by molar-refractivity contribution is 5.94. The van der Waals surface area contributed by atoms with Gasteiger partial charge in [0.25, 0.3) is 0 Å². The fourth-order valence-corrected chi connectivity index (χ4v) is 3.91. The van der Waals surface area contributed by atoms with E-state index in [0.29, 0.717) is 19.6 Å². The van der Waals surface area contributed by atoms with Gasteiger partial charge in [-0.3, -0.25) is 14.6 Å². The van der Waals surface area contributed by atoms with E-state index in [1.54, 1.807) is 0 Å². The Balaban J connectivity index is 2.15. The Kier molecular flexibility index (Phi) is 6.42. The molecule has 2 aromatic rings. The number of hydrogen-bond acceptors (Lipinski definition) is 4. The maximum absolute atomic E-state index is 14.0. The van der Waals surface area contributed by atoms with E-state index in [4.69, 9.17) is 4.74 Å².